The molecule has 0 fully saturated rings. The predicted molar refractivity (Wildman–Crippen MR) is 54.0 cm³/mol. The summed E-state index contributed by atoms with van der Waals surface area (Å²) < 4.78 is 0. The van der Waals surface area contributed by atoms with E-state index in [9.17, 15) is 4.79 Å². The number of halogens is 1. The Labute approximate surface area is 81.1 Å². The van der Waals surface area contributed by atoms with Gasteiger partial charge in [0, 0.05) is 5.56 Å². The average molecular weight is 201 g/mol. The molecule has 3 heteroatoms. The van der Waals surface area contributed by atoms with Gasteiger partial charge in [0.25, 0.3) is 0 Å². The smallest absolute Gasteiger partial charge is 0.220 e. The van der Waals surface area contributed by atoms with Crippen molar-refractivity contribution in [2.24, 2.45) is 0 Å². The summed E-state index contributed by atoms with van der Waals surface area (Å²) in [4.78, 5) is 11.2. The van der Waals surface area contributed by atoms with E-state index in [0.717, 1.165) is 5.56 Å². The van der Waals surface area contributed by atoms with Crippen LogP contribution < -0.4 is 0 Å². The van der Waals surface area contributed by atoms with Crippen molar-refractivity contribution in [2.75, 3.05) is 6.26 Å². The standard InChI is InChI=1S/C9H9ClOS/c1-6-3-4-7(8(10)5-6)9(11)12-2/h3-5H,1-2H3. The molecule has 1 aromatic carbocycles. The summed E-state index contributed by atoms with van der Waals surface area (Å²) in [7, 11) is 0. The third-order valence-corrected chi connectivity index (χ3v) is 2.43. The summed E-state index contributed by atoms with van der Waals surface area (Å²) in [6, 6.07) is 5.44. The maximum atomic E-state index is 11.2. The minimum absolute atomic E-state index is 0.0139. The second kappa shape index (κ2) is 3.97. The van der Waals surface area contributed by atoms with Crippen LogP contribution >= 0.6 is 23.4 Å². The zero-order valence-corrected chi connectivity index (χ0v) is 8.50. The monoisotopic (exact) mass is 200 g/mol. The molecule has 0 N–H and O–H groups in total. The molecule has 0 bridgehead atoms. The van der Waals surface area contributed by atoms with Crippen molar-refractivity contribution in [1.82, 2.24) is 0 Å². The highest BCUT2D eigenvalue weighted by molar-refractivity contribution is 8.13. The minimum atomic E-state index is 0.0139. The van der Waals surface area contributed by atoms with Crippen LogP contribution in [-0.2, 0) is 0 Å². The summed E-state index contributed by atoms with van der Waals surface area (Å²) in [5, 5.41) is 0.550. The van der Waals surface area contributed by atoms with Gasteiger partial charge in [0.15, 0.2) is 0 Å². The molecular formula is C9H9ClOS. The molecule has 64 valence electrons. The van der Waals surface area contributed by atoms with E-state index in [4.69, 9.17) is 11.6 Å². The lowest BCUT2D eigenvalue weighted by Gasteiger charge is -2.00. The van der Waals surface area contributed by atoms with E-state index in [2.05, 4.69) is 0 Å². The molecule has 0 spiro atoms. The second-order valence-electron chi connectivity index (χ2n) is 2.47. The number of carbonyl (C=O) groups is 1. The Kier molecular flexibility index (Phi) is 3.18. The number of carbonyl (C=O) groups excluding carboxylic acids is 1. The zero-order chi connectivity index (χ0) is 9.14. The fraction of sp³-hybridized carbons (Fsp3) is 0.222. The molecule has 0 aromatic heterocycles. The first kappa shape index (κ1) is 9.62. The molecule has 1 rings (SSSR count). The van der Waals surface area contributed by atoms with Gasteiger partial charge < -0.3 is 0 Å². The second-order valence-corrected chi connectivity index (χ2v) is 3.66. The molecule has 1 nitrogen and oxygen atoms in total. The topological polar surface area (TPSA) is 17.1 Å². The minimum Gasteiger partial charge on any atom is -0.282 e. The number of rotatable bonds is 1. The Balaban J connectivity index is 3.09. The largest absolute Gasteiger partial charge is 0.282 e. The fourth-order valence-corrected chi connectivity index (χ4v) is 1.67. The number of hydrogen-bond acceptors (Lipinski definition) is 2. The molecule has 0 radical (unpaired) electrons. The number of aryl methyl sites for hydroxylation is 1. The Hall–Kier alpha value is -0.470. The number of thioether (sulfide) groups is 1. The van der Waals surface area contributed by atoms with E-state index in [-0.39, 0.29) is 5.12 Å². The Morgan fingerprint density at radius 3 is 2.67 bits per heavy atom. The van der Waals surface area contributed by atoms with Crippen LogP contribution in [0.25, 0.3) is 0 Å². The van der Waals surface area contributed by atoms with Crippen LogP contribution in [0.2, 0.25) is 5.02 Å². The first-order valence-electron chi connectivity index (χ1n) is 3.49. The molecule has 0 atom stereocenters. The predicted octanol–water partition coefficient (Wildman–Crippen LogP) is 3.15. The van der Waals surface area contributed by atoms with Gasteiger partial charge in [-0.15, -0.1) is 0 Å². The zero-order valence-electron chi connectivity index (χ0n) is 6.93. The molecule has 12 heavy (non-hydrogen) atoms. The molecular weight excluding hydrogens is 192 g/mol. The van der Waals surface area contributed by atoms with E-state index < -0.39 is 0 Å². The van der Waals surface area contributed by atoms with Gasteiger partial charge >= 0.3 is 0 Å². The fourth-order valence-electron chi connectivity index (χ4n) is 0.896. The van der Waals surface area contributed by atoms with Gasteiger partial charge in [-0.05, 0) is 30.9 Å². The maximum absolute atomic E-state index is 11.2. The Bertz CT molecular complexity index is 309. The Morgan fingerprint density at radius 1 is 1.50 bits per heavy atom. The van der Waals surface area contributed by atoms with Gasteiger partial charge in [0.05, 0.1) is 5.02 Å². The van der Waals surface area contributed by atoms with Crippen LogP contribution in [0.15, 0.2) is 18.2 Å². The third-order valence-electron chi connectivity index (χ3n) is 1.53. The summed E-state index contributed by atoms with van der Waals surface area (Å²) in [6.45, 7) is 1.94. The van der Waals surface area contributed by atoms with Crippen LogP contribution in [-0.4, -0.2) is 11.4 Å². The van der Waals surface area contributed by atoms with Crippen LogP contribution in [0.5, 0.6) is 0 Å². The molecule has 0 aliphatic rings. The van der Waals surface area contributed by atoms with Gasteiger partial charge in [-0.25, -0.2) is 0 Å². The highest BCUT2D eigenvalue weighted by Crippen LogP contribution is 2.21. The van der Waals surface area contributed by atoms with Crippen LogP contribution in [0.4, 0.5) is 0 Å². The molecule has 0 unspecified atom stereocenters. The SMILES string of the molecule is CSC(=O)c1ccc(C)cc1Cl. The van der Waals surface area contributed by atoms with Crippen molar-refractivity contribution < 1.29 is 4.79 Å². The van der Waals surface area contributed by atoms with E-state index in [1.54, 1.807) is 18.4 Å². The number of hydrogen-bond donors (Lipinski definition) is 0. The highest BCUT2D eigenvalue weighted by atomic mass is 35.5. The van der Waals surface area contributed by atoms with Crippen molar-refractivity contribution in [3.63, 3.8) is 0 Å². The molecule has 0 aliphatic carbocycles. The first-order valence-corrected chi connectivity index (χ1v) is 5.10. The quantitative estimate of drug-likeness (QED) is 0.693. The Morgan fingerprint density at radius 2 is 2.17 bits per heavy atom. The van der Waals surface area contributed by atoms with E-state index in [1.165, 1.54) is 11.8 Å². The molecule has 0 saturated heterocycles. The van der Waals surface area contributed by atoms with Gasteiger partial charge in [-0.3, -0.25) is 4.79 Å². The van der Waals surface area contributed by atoms with E-state index in [1.807, 2.05) is 13.0 Å². The number of benzene rings is 1. The summed E-state index contributed by atoms with van der Waals surface area (Å²) >= 11 is 7.04. The highest BCUT2D eigenvalue weighted by Gasteiger charge is 2.07. The third kappa shape index (κ3) is 2.02. The van der Waals surface area contributed by atoms with Gasteiger partial charge in [0.2, 0.25) is 5.12 Å². The van der Waals surface area contributed by atoms with Gasteiger partial charge in [0.1, 0.15) is 0 Å². The van der Waals surface area contributed by atoms with Crippen molar-refractivity contribution in [3.8, 4) is 0 Å². The van der Waals surface area contributed by atoms with Crippen molar-refractivity contribution >= 4 is 28.5 Å². The normalized spacial score (nSPS) is 9.92. The maximum Gasteiger partial charge on any atom is 0.220 e. The summed E-state index contributed by atoms with van der Waals surface area (Å²) in [5.41, 5.74) is 1.66. The average Bonchev–Trinajstić information content (AvgIpc) is 2.03. The first-order chi connectivity index (χ1) is 5.65. The lowest BCUT2D eigenvalue weighted by molar-refractivity contribution is 0.108. The van der Waals surface area contributed by atoms with Crippen molar-refractivity contribution in [2.45, 2.75) is 6.92 Å². The molecule has 0 heterocycles. The van der Waals surface area contributed by atoms with Crippen LogP contribution in [0, 0.1) is 6.92 Å². The van der Waals surface area contributed by atoms with Crippen molar-refractivity contribution in [3.05, 3.63) is 34.3 Å². The van der Waals surface area contributed by atoms with Crippen LogP contribution in [0.1, 0.15) is 15.9 Å². The van der Waals surface area contributed by atoms with E-state index >= 15 is 0 Å². The summed E-state index contributed by atoms with van der Waals surface area (Å²) in [5.74, 6) is 0. The molecule has 0 aliphatic heterocycles. The van der Waals surface area contributed by atoms with Crippen molar-refractivity contribution in [1.29, 1.82) is 0 Å². The molecule has 1 aromatic rings. The molecule has 0 amide bonds. The summed E-state index contributed by atoms with van der Waals surface area (Å²) in [6.07, 6.45) is 1.75. The van der Waals surface area contributed by atoms with Crippen LogP contribution in [0.3, 0.4) is 0 Å². The lowest BCUT2D eigenvalue weighted by Crippen LogP contribution is -1.93. The van der Waals surface area contributed by atoms with E-state index in [0.29, 0.717) is 10.6 Å². The lowest BCUT2D eigenvalue weighted by atomic mass is 10.2. The van der Waals surface area contributed by atoms with Gasteiger partial charge in [-0.2, -0.15) is 0 Å². The van der Waals surface area contributed by atoms with Gasteiger partial charge in [-0.1, -0.05) is 29.4 Å². The molecule has 0 saturated carbocycles.